The molecule has 1 aromatic heterocycles. The Balaban J connectivity index is 1.66. The number of hydrogen-bond donors (Lipinski definition) is 1. The standard InChI is InChI=1S/C17H14N2O3S2/c1-11-2-4-13(5-3-11)18-15(20)9-19-16(21)14(24-17(19)22)8-12-6-7-23-10-12/h2-8,10H,9H2,1H3,(H,18,20)/b14-8-. The third kappa shape index (κ3) is 3.74. The number of benzene rings is 1. The van der Waals surface area contributed by atoms with Crippen molar-refractivity contribution < 1.29 is 14.4 Å². The van der Waals surface area contributed by atoms with Gasteiger partial charge in [0.05, 0.1) is 4.91 Å². The highest BCUT2D eigenvalue weighted by Gasteiger charge is 2.36. The van der Waals surface area contributed by atoms with Gasteiger partial charge in [-0.05, 0) is 59.3 Å². The van der Waals surface area contributed by atoms with E-state index in [9.17, 15) is 14.4 Å². The zero-order chi connectivity index (χ0) is 17.1. The van der Waals surface area contributed by atoms with E-state index < -0.39 is 17.1 Å². The average Bonchev–Trinajstić information content (AvgIpc) is 3.14. The Bertz CT molecular complexity index is 811. The fourth-order valence-electron chi connectivity index (χ4n) is 2.13. The lowest BCUT2D eigenvalue weighted by Gasteiger charge is -2.12. The summed E-state index contributed by atoms with van der Waals surface area (Å²) in [5, 5.41) is 6.04. The van der Waals surface area contributed by atoms with Crippen LogP contribution in [0, 0.1) is 6.92 Å². The summed E-state index contributed by atoms with van der Waals surface area (Å²) in [7, 11) is 0. The largest absolute Gasteiger partial charge is 0.325 e. The molecule has 0 radical (unpaired) electrons. The summed E-state index contributed by atoms with van der Waals surface area (Å²) >= 11 is 2.36. The number of amides is 3. The van der Waals surface area contributed by atoms with Crippen LogP contribution in [-0.2, 0) is 9.59 Å². The summed E-state index contributed by atoms with van der Waals surface area (Å²) in [5.41, 5.74) is 2.58. The first-order valence-electron chi connectivity index (χ1n) is 7.17. The van der Waals surface area contributed by atoms with Crippen molar-refractivity contribution in [2.45, 2.75) is 6.92 Å². The van der Waals surface area contributed by atoms with Gasteiger partial charge in [-0.2, -0.15) is 11.3 Å². The molecule has 0 spiro atoms. The topological polar surface area (TPSA) is 66.5 Å². The lowest BCUT2D eigenvalue weighted by Crippen LogP contribution is -2.36. The van der Waals surface area contributed by atoms with Crippen molar-refractivity contribution in [3.8, 4) is 0 Å². The maximum absolute atomic E-state index is 12.3. The molecule has 3 amide bonds. The van der Waals surface area contributed by atoms with Gasteiger partial charge in [-0.1, -0.05) is 17.7 Å². The number of hydrogen-bond acceptors (Lipinski definition) is 5. The number of nitrogens with one attached hydrogen (secondary N) is 1. The van der Waals surface area contributed by atoms with Crippen LogP contribution in [-0.4, -0.2) is 28.5 Å². The number of nitrogens with zero attached hydrogens (tertiary/aromatic N) is 1. The second kappa shape index (κ2) is 7.02. The summed E-state index contributed by atoms with van der Waals surface area (Å²) in [6.07, 6.45) is 1.67. The van der Waals surface area contributed by atoms with E-state index >= 15 is 0 Å². The van der Waals surface area contributed by atoms with E-state index in [0.717, 1.165) is 27.8 Å². The second-order valence-electron chi connectivity index (χ2n) is 5.24. The van der Waals surface area contributed by atoms with E-state index in [0.29, 0.717) is 10.6 Å². The van der Waals surface area contributed by atoms with Crippen LogP contribution >= 0.6 is 23.1 Å². The molecule has 2 heterocycles. The van der Waals surface area contributed by atoms with Crippen molar-refractivity contribution in [1.29, 1.82) is 0 Å². The highest BCUT2D eigenvalue weighted by atomic mass is 32.2. The van der Waals surface area contributed by atoms with Gasteiger partial charge in [0.25, 0.3) is 11.1 Å². The number of rotatable bonds is 4. The smallest absolute Gasteiger partial charge is 0.294 e. The van der Waals surface area contributed by atoms with Gasteiger partial charge in [0.15, 0.2) is 0 Å². The number of carbonyl (C=O) groups is 3. The Morgan fingerprint density at radius 3 is 2.62 bits per heavy atom. The number of thioether (sulfide) groups is 1. The number of aryl methyl sites for hydroxylation is 1. The van der Waals surface area contributed by atoms with Crippen molar-refractivity contribution in [3.05, 3.63) is 57.1 Å². The first-order chi connectivity index (χ1) is 11.5. The molecule has 1 fully saturated rings. The first-order valence-corrected chi connectivity index (χ1v) is 8.93. The van der Waals surface area contributed by atoms with Gasteiger partial charge in [0, 0.05) is 5.69 Å². The molecule has 5 nitrogen and oxygen atoms in total. The Morgan fingerprint density at radius 1 is 1.21 bits per heavy atom. The Hall–Kier alpha value is -2.38. The van der Waals surface area contributed by atoms with Gasteiger partial charge in [-0.25, -0.2) is 0 Å². The Labute approximate surface area is 147 Å². The van der Waals surface area contributed by atoms with Gasteiger partial charge >= 0.3 is 0 Å². The van der Waals surface area contributed by atoms with Crippen molar-refractivity contribution in [3.63, 3.8) is 0 Å². The normalized spacial score (nSPS) is 16.0. The van der Waals surface area contributed by atoms with Crippen LogP contribution < -0.4 is 5.32 Å². The van der Waals surface area contributed by atoms with E-state index in [4.69, 9.17) is 0 Å². The van der Waals surface area contributed by atoms with Crippen LogP contribution in [0.4, 0.5) is 10.5 Å². The van der Waals surface area contributed by atoms with Crippen molar-refractivity contribution in [1.82, 2.24) is 4.90 Å². The molecule has 1 aliphatic rings. The fraction of sp³-hybridized carbons (Fsp3) is 0.118. The molecule has 0 saturated carbocycles. The van der Waals surface area contributed by atoms with E-state index in [1.807, 2.05) is 35.9 Å². The van der Waals surface area contributed by atoms with E-state index in [1.54, 1.807) is 18.2 Å². The monoisotopic (exact) mass is 358 g/mol. The maximum atomic E-state index is 12.3. The molecule has 0 aliphatic carbocycles. The molecule has 1 aliphatic heterocycles. The quantitative estimate of drug-likeness (QED) is 0.846. The predicted octanol–water partition coefficient (Wildman–Crippen LogP) is 3.73. The minimum absolute atomic E-state index is 0.292. The summed E-state index contributed by atoms with van der Waals surface area (Å²) in [5.74, 6) is -0.840. The minimum atomic E-state index is -0.435. The molecular weight excluding hydrogens is 344 g/mol. The highest BCUT2D eigenvalue weighted by Crippen LogP contribution is 2.32. The van der Waals surface area contributed by atoms with Crippen LogP contribution in [0.15, 0.2) is 46.0 Å². The molecule has 1 N–H and O–H groups in total. The van der Waals surface area contributed by atoms with Crippen LogP contribution in [0.1, 0.15) is 11.1 Å². The molecule has 2 aromatic rings. The first kappa shape index (κ1) is 16.5. The lowest BCUT2D eigenvalue weighted by atomic mass is 10.2. The van der Waals surface area contributed by atoms with Crippen LogP contribution in [0.5, 0.6) is 0 Å². The number of thiophene rings is 1. The SMILES string of the molecule is Cc1ccc(NC(=O)CN2C(=O)S/C(=C\c3ccsc3)C2=O)cc1. The Morgan fingerprint density at radius 2 is 1.96 bits per heavy atom. The van der Waals surface area contributed by atoms with Gasteiger partial charge < -0.3 is 5.32 Å². The van der Waals surface area contributed by atoms with Crippen LogP contribution in [0.25, 0.3) is 6.08 Å². The molecule has 3 rings (SSSR count). The third-order valence-corrected chi connectivity index (χ3v) is 4.96. The molecule has 24 heavy (non-hydrogen) atoms. The second-order valence-corrected chi connectivity index (χ2v) is 7.01. The van der Waals surface area contributed by atoms with Crippen LogP contribution in [0.3, 0.4) is 0 Å². The molecular formula is C17H14N2O3S2. The molecule has 1 saturated heterocycles. The number of imide groups is 1. The van der Waals surface area contributed by atoms with Crippen molar-refractivity contribution in [2.24, 2.45) is 0 Å². The fourth-order valence-corrected chi connectivity index (χ4v) is 3.58. The van der Waals surface area contributed by atoms with E-state index in [-0.39, 0.29) is 6.54 Å². The zero-order valence-corrected chi connectivity index (χ0v) is 14.4. The molecule has 0 atom stereocenters. The maximum Gasteiger partial charge on any atom is 0.294 e. The average molecular weight is 358 g/mol. The van der Waals surface area contributed by atoms with Crippen molar-refractivity contribution in [2.75, 3.05) is 11.9 Å². The number of carbonyl (C=O) groups excluding carboxylic acids is 3. The summed E-state index contributed by atoms with van der Waals surface area (Å²) in [6, 6.07) is 9.16. The molecule has 0 bridgehead atoms. The summed E-state index contributed by atoms with van der Waals surface area (Å²) in [6.45, 7) is 1.66. The number of anilines is 1. The van der Waals surface area contributed by atoms with Gasteiger partial charge in [0.2, 0.25) is 5.91 Å². The summed E-state index contributed by atoms with van der Waals surface area (Å²) < 4.78 is 0. The van der Waals surface area contributed by atoms with E-state index in [2.05, 4.69) is 5.32 Å². The predicted molar refractivity (Wildman–Crippen MR) is 96.8 cm³/mol. The van der Waals surface area contributed by atoms with Gasteiger partial charge in [-0.15, -0.1) is 0 Å². The Kier molecular flexibility index (Phi) is 4.82. The van der Waals surface area contributed by atoms with Gasteiger partial charge in [0.1, 0.15) is 6.54 Å². The van der Waals surface area contributed by atoms with Crippen LogP contribution in [0.2, 0.25) is 0 Å². The molecule has 1 aromatic carbocycles. The van der Waals surface area contributed by atoms with E-state index in [1.165, 1.54) is 11.3 Å². The summed E-state index contributed by atoms with van der Waals surface area (Å²) in [4.78, 5) is 37.7. The molecule has 122 valence electrons. The zero-order valence-electron chi connectivity index (χ0n) is 12.8. The van der Waals surface area contributed by atoms with Gasteiger partial charge in [-0.3, -0.25) is 19.3 Å². The minimum Gasteiger partial charge on any atom is -0.325 e. The molecule has 7 heteroatoms. The third-order valence-electron chi connectivity index (χ3n) is 3.35. The lowest BCUT2D eigenvalue weighted by molar-refractivity contribution is -0.127. The highest BCUT2D eigenvalue weighted by molar-refractivity contribution is 8.18. The molecule has 0 unspecified atom stereocenters. The van der Waals surface area contributed by atoms with Crippen molar-refractivity contribution >= 4 is 51.9 Å².